The van der Waals surface area contributed by atoms with Crippen molar-refractivity contribution >= 4 is 24.1 Å². The Kier molecular flexibility index (Phi) is 5.59. The fraction of sp³-hybridized carbons (Fsp3) is 0.429. The summed E-state index contributed by atoms with van der Waals surface area (Å²) in [6.45, 7) is 7.31. The Morgan fingerprint density at radius 1 is 0.897 bits per heavy atom. The number of rotatable bonds is 4. The van der Waals surface area contributed by atoms with E-state index in [9.17, 15) is 9.59 Å². The summed E-state index contributed by atoms with van der Waals surface area (Å²) in [5.41, 5.74) is 1.93. The second kappa shape index (κ2) is 8.46. The summed E-state index contributed by atoms with van der Waals surface area (Å²) in [7, 11) is 0. The van der Waals surface area contributed by atoms with Crippen LogP contribution < -0.4 is 9.80 Å². The number of carbonyl (C=O) groups is 2. The fourth-order valence-electron chi connectivity index (χ4n) is 3.76. The molecule has 8 heteroatoms. The first-order valence-corrected chi connectivity index (χ1v) is 10.0. The summed E-state index contributed by atoms with van der Waals surface area (Å²) in [6, 6.07) is 12.1. The highest BCUT2D eigenvalue weighted by Crippen LogP contribution is 2.26. The molecule has 0 aliphatic carbocycles. The normalized spacial score (nSPS) is 17.4. The van der Waals surface area contributed by atoms with Crippen molar-refractivity contribution in [1.82, 2.24) is 19.8 Å². The molecule has 0 radical (unpaired) electrons. The van der Waals surface area contributed by atoms with Crippen LogP contribution in [-0.2, 0) is 9.59 Å². The Morgan fingerprint density at radius 2 is 1.55 bits per heavy atom. The van der Waals surface area contributed by atoms with Gasteiger partial charge in [0, 0.05) is 70.9 Å². The van der Waals surface area contributed by atoms with Crippen LogP contribution in [0.1, 0.15) is 6.92 Å². The van der Waals surface area contributed by atoms with Crippen molar-refractivity contribution in [3.05, 3.63) is 36.4 Å². The predicted octanol–water partition coefficient (Wildman–Crippen LogP) is 1.09. The van der Waals surface area contributed by atoms with E-state index in [1.165, 1.54) is 0 Å². The Labute approximate surface area is 170 Å². The highest BCUT2D eigenvalue weighted by Gasteiger charge is 2.23. The van der Waals surface area contributed by atoms with E-state index < -0.39 is 0 Å². The average Bonchev–Trinajstić information content (AvgIpc) is 2.79. The lowest BCUT2D eigenvalue weighted by Crippen LogP contribution is -2.49. The van der Waals surface area contributed by atoms with Gasteiger partial charge in [0.15, 0.2) is 0 Å². The zero-order valence-corrected chi connectivity index (χ0v) is 16.7. The van der Waals surface area contributed by atoms with E-state index in [0.717, 1.165) is 49.7 Å². The second-order valence-corrected chi connectivity index (χ2v) is 7.40. The monoisotopic (exact) mass is 394 g/mol. The van der Waals surface area contributed by atoms with Gasteiger partial charge >= 0.3 is 0 Å². The molecule has 2 amide bonds. The number of aromatic nitrogens is 2. The van der Waals surface area contributed by atoms with E-state index in [1.807, 2.05) is 41.3 Å². The van der Waals surface area contributed by atoms with Crippen LogP contribution in [-0.4, -0.2) is 84.4 Å². The van der Waals surface area contributed by atoms with E-state index >= 15 is 0 Å². The Bertz CT molecular complexity index is 859. The van der Waals surface area contributed by atoms with Gasteiger partial charge in [0.2, 0.25) is 18.3 Å². The van der Waals surface area contributed by atoms with Gasteiger partial charge in [-0.2, -0.15) is 4.98 Å². The standard InChI is InChI=1S/C21H26N6O2/c1-17(29)25-11-13-27(14-12-25)21-22-19(18-5-3-2-4-6-18)15-20(23-21)26-9-7-24(16-28)8-10-26/h2-6,15-16H,7-14H2,1H3. The molecule has 2 aromatic rings. The van der Waals surface area contributed by atoms with Crippen LogP contribution in [0.2, 0.25) is 0 Å². The summed E-state index contributed by atoms with van der Waals surface area (Å²) in [4.78, 5) is 40.4. The van der Waals surface area contributed by atoms with Gasteiger partial charge in [0.05, 0.1) is 5.69 Å². The largest absolute Gasteiger partial charge is 0.353 e. The van der Waals surface area contributed by atoms with E-state index in [4.69, 9.17) is 9.97 Å². The molecule has 0 unspecified atom stereocenters. The third kappa shape index (κ3) is 4.31. The summed E-state index contributed by atoms with van der Waals surface area (Å²) in [6.07, 6.45) is 0.909. The van der Waals surface area contributed by atoms with E-state index in [-0.39, 0.29) is 5.91 Å². The molecule has 29 heavy (non-hydrogen) atoms. The molecular formula is C21H26N6O2. The van der Waals surface area contributed by atoms with Crippen LogP contribution in [0.25, 0.3) is 11.3 Å². The third-order valence-corrected chi connectivity index (χ3v) is 5.57. The van der Waals surface area contributed by atoms with E-state index in [2.05, 4.69) is 9.80 Å². The first-order chi connectivity index (χ1) is 14.1. The van der Waals surface area contributed by atoms with E-state index in [0.29, 0.717) is 32.1 Å². The predicted molar refractivity (Wildman–Crippen MR) is 112 cm³/mol. The molecular weight excluding hydrogens is 368 g/mol. The quantitative estimate of drug-likeness (QED) is 0.723. The molecule has 2 saturated heterocycles. The van der Waals surface area contributed by atoms with Crippen molar-refractivity contribution in [2.24, 2.45) is 0 Å². The van der Waals surface area contributed by atoms with Crippen molar-refractivity contribution in [3.63, 3.8) is 0 Å². The number of hydrogen-bond acceptors (Lipinski definition) is 6. The summed E-state index contributed by atoms with van der Waals surface area (Å²) >= 11 is 0. The van der Waals surface area contributed by atoms with Gasteiger partial charge in [0.25, 0.3) is 0 Å². The highest BCUT2D eigenvalue weighted by molar-refractivity contribution is 5.73. The lowest BCUT2D eigenvalue weighted by atomic mass is 10.1. The lowest BCUT2D eigenvalue weighted by molar-refractivity contribution is -0.129. The number of benzene rings is 1. The van der Waals surface area contributed by atoms with Gasteiger partial charge in [-0.05, 0) is 0 Å². The number of carbonyl (C=O) groups excluding carboxylic acids is 2. The molecule has 1 aromatic heterocycles. The molecule has 0 atom stereocenters. The van der Waals surface area contributed by atoms with Gasteiger partial charge in [-0.15, -0.1) is 0 Å². The molecule has 0 spiro atoms. The Hall–Kier alpha value is -3.16. The smallest absolute Gasteiger partial charge is 0.228 e. The first kappa shape index (κ1) is 19.2. The van der Waals surface area contributed by atoms with Crippen LogP contribution in [0.3, 0.4) is 0 Å². The molecule has 0 bridgehead atoms. The molecule has 0 N–H and O–H groups in total. The minimum absolute atomic E-state index is 0.109. The maximum absolute atomic E-state index is 11.6. The van der Waals surface area contributed by atoms with Crippen LogP contribution in [0.5, 0.6) is 0 Å². The number of piperazine rings is 2. The van der Waals surface area contributed by atoms with Gasteiger partial charge in [0.1, 0.15) is 5.82 Å². The zero-order valence-electron chi connectivity index (χ0n) is 16.7. The SMILES string of the molecule is CC(=O)N1CCN(c2nc(-c3ccccc3)cc(N3CCN(C=O)CC3)n2)CC1. The summed E-state index contributed by atoms with van der Waals surface area (Å²) in [5, 5.41) is 0. The van der Waals surface area contributed by atoms with Gasteiger partial charge in [-0.3, -0.25) is 9.59 Å². The highest BCUT2D eigenvalue weighted by atomic mass is 16.2. The molecule has 152 valence electrons. The summed E-state index contributed by atoms with van der Waals surface area (Å²) in [5.74, 6) is 1.69. The van der Waals surface area contributed by atoms with Crippen LogP contribution in [0.15, 0.2) is 36.4 Å². The Morgan fingerprint density at radius 3 is 2.17 bits per heavy atom. The van der Waals surface area contributed by atoms with Gasteiger partial charge in [-0.25, -0.2) is 4.98 Å². The molecule has 1 aromatic carbocycles. The third-order valence-electron chi connectivity index (χ3n) is 5.57. The number of anilines is 2. The molecule has 2 fully saturated rings. The summed E-state index contributed by atoms with van der Waals surface area (Å²) < 4.78 is 0. The second-order valence-electron chi connectivity index (χ2n) is 7.40. The van der Waals surface area contributed by atoms with Crippen molar-refractivity contribution in [2.45, 2.75) is 6.92 Å². The molecule has 4 rings (SSSR count). The van der Waals surface area contributed by atoms with Crippen molar-refractivity contribution in [1.29, 1.82) is 0 Å². The molecule has 2 aliphatic heterocycles. The number of nitrogens with zero attached hydrogens (tertiary/aromatic N) is 6. The van der Waals surface area contributed by atoms with Crippen molar-refractivity contribution < 1.29 is 9.59 Å². The van der Waals surface area contributed by atoms with E-state index in [1.54, 1.807) is 11.8 Å². The van der Waals surface area contributed by atoms with Crippen LogP contribution in [0, 0.1) is 0 Å². The van der Waals surface area contributed by atoms with Crippen molar-refractivity contribution in [2.75, 3.05) is 62.2 Å². The number of amides is 2. The van der Waals surface area contributed by atoms with Gasteiger partial charge < -0.3 is 19.6 Å². The Balaban J connectivity index is 1.62. The minimum Gasteiger partial charge on any atom is -0.353 e. The lowest BCUT2D eigenvalue weighted by Gasteiger charge is -2.36. The molecule has 0 saturated carbocycles. The maximum atomic E-state index is 11.6. The first-order valence-electron chi connectivity index (χ1n) is 10.0. The minimum atomic E-state index is 0.109. The average molecular weight is 394 g/mol. The zero-order chi connectivity index (χ0) is 20.2. The number of hydrogen-bond donors (Lipinski definition) is 0. The van der Waals surface area contributed by atoms with Gasteiger partial charge in [-0.1, -0.05) is 30.3 Å². The topological polar surface area (TPSA) is 72.9 Å². The molecule has 2 aliphatic rings. The fourth-order valence-corrected chi connectivity index (χ4v) is 3.76. The van der Waals surface area contributed by atoms with Crippen molar-refractivity contribution in [3.8, 4) is 11.3 Å². The van der Waals surface area contributed by atoms with Crippen LogP contribution in [0.4, 0.5) is 11.8 Å². The molecule has 8 nitrogen and oxygen atoms in total. The molecule has 3 heterocycles. The van der Waals surface area contributed by atoms with Crippen LogP contribution >= 0.6 is 0 Å². The maximum Gasteiger partial charge on any atom is 0.228 e.